The van der Waals surface area contributed by atoms with Gasteiger partial charge in [0.2, 0.25) is 29.5 Å². The fourth-order valence-corrected chi connectivity index (χ4v) is 8.73. The molecule has 2 heterocycles. The van der Waals surface area contributed by atoms with Crippen molar-refractivity contribution in [2.45, 2.75) is 110 Å². The summed E-state index contributed by atoms with van der Waals surface area (Å²) in [5.41, 5.74) is 1.22. The number of ether oxygens (including phenoxy) is 2. The van der Waals surface area contributed by atoms with Gasteiger partial charge < -0.3 is 40.5 Å². The van der Waals surface area contributed by atoms with E-state index in [4.69, 9.17) is 9.47 Å². The number of likely N-dealkylation sites (N-methyl/N-ethyl adjacent to an activating group) is 1. The van der Waals surface area contributed by atoms with Gasteiger partial charge in [-0.1, -0.05) is 78.0 Å². The minimum Gasteiger partial charge on any atom is -0.379 e. The zero-order valence-corrected chi connectivity index (χ0v) is 39.6. The van der Waals surface area contributed by atoms with Crippen LogP contribution >= 0.6 is 0 Å². The molecule has 4 rings (SSSR count). The van der Waals surface area contributed by atoms with Crippen LogP contribution in [-0.2, 0) is 49.5 Å². The van der Waals surface area contributed by atoms with Crippen molar-refractivity contribution < 1.29 is 47.8 Å². The molecule has 358 valence electrons. The minimum absolute atomic E-state index is 0.0289. The number of likely N-dealkylation sites (tertiary alicyclic amines) is 1. The number of benzene rings is 2. The van der Waals surface area contributed by atoms with Gasteiger partial charge in [0.1, 0.15) is 6.04 Å². The van der Waals surface area contributed by atoms with Crippen molar-refractivity contribution in [3.05, 3.63) is 84.5 Å². The number of carbonyl (C=O) groups excluding carboxylic acids is 8. The van der Waals surface area contributed by atoms with Gasteiger partial charge in [-0.2, -0.15) is 0 Å². The first-order valence-corrected chi connectivity index (χ1v) is 22.5. The lowest BCUT2D eigenvalue weighted by molar-refractivity contribution is -0.142. The summed E-state index contributed by atoms with van der Waals surface area (Å²) in [5.74, 6) is -5.19. The van der Waals surface area contributed by atoms with Crippen LogP contribution in [0.1, 0.15) is 83.1 Å². The minimum atomic E-state index is -1.08. The maximum Gasteiger partial charge on any atom is 0.258 e. The number of nitrogens with zero attached hydrogens (tertiary/aromatic N) is 3. The standard InChI is InChI=1S/C49H67N7O10/c1-11-30(5)44(38(65-9)27-43(61)55-22-16-19-37(55)46(66-10)32(7)47(62)51-31(6)23-33-17-14-13-15-18-33)53-40(58)28-50-48(63)45(29(3)4)54(8)49(64)34-24-35(52-39(57)12-2)26-36(25-34)56-41(59)20-21-42(56)60/h12-15,17-18,20-21,24-26,29-32,37-38,44-46H,2,11,16,19,22-23,27-28H2,1,3-10H3,(H,50,63)(H,51,62)(H,52,57)(H,53,58)/t30-,31?,32?,37?,38?,44?,45?,46?/m0/s1. The van der Waals surface area contributed by atoms with Crippen LogP contribution in [0.15, 0.2) is 73.3 Å². The van der Waals surface area contributed by atoms with Crippen molar-refractivity contribution in [3.63, 3.8) is 0 Å². The zero-order chi connectivity index (χ0) is 48.8. The molecule has 4 N–H and O–H groups in total. The van der Waals surface area contributed by atoms with Gasteiger partial charge in [-0.25, -0.2) is 4.90 Å². The predicted octanol–water partition coefficient (Wildman–Crippen LogP) is 3.78. The van der Waals surface area contributed by atoms with Crippen molar-refractivity contribution in [1.82, 2.24) is 25.8 Å². The van der Waals surface area contributed by atoms with Gasteiger partial charge in [0.05, 0.1) is 48.9 Å². The Balaban J connectivity index is 1.42. The number of imide groups is 1. The molecule has 1 saturated heterocycles. The fourth-order valence-electron chi connectivity index (χ4n) is 8.73. The maximum absolute atomic E-state index is 14.1. The van der Waals surface area contributed by atoms with Crippen LogP contribution < -0.4 is 26.2 Å². The smallest absolute Gasteiger partial charge is 0.258 e. The van der Waals surface area contributed by atoms with Gasteiger partial charge in [-0.3, -0.25) is 38.4 Å². The summed E-state index contributed by atoms with van der Waals surface area (Å²) < 4.78 is 11.8. The molecule has 0 aliphatic carbocycles. The molecular weight excluding hydrogens is 847 g/mol. The molecule has 2 aliphatic rings. The highest BCUT2D eigenvalue weighted by atomic mass is 16.5. The first kappa shape index (κ1) is 52.4. The van der Waals surface area contributed by atoms with E-state index >= 15 is 0 Å². The molecule has 8 atom stereocenters. The SMILES string of the molecule is C=CC(=O)Nc1cc(C(=O)N(C)C(C(=O)NCC(=O)NC(C(CC(=O)N2CCCC2C(OC)C(C)C(=O)NC(C)Cc2ccccc2)OC)[C@@H](C)CC)C(C)C)cc(N2C(=O)C=CC2=O)c1. The molecule has 0 aromatic heterocycles. The van der Waals surface area contributed by atoms with E-state index in [1.165, 1.54) is 37.3 Å². The number of rotatable bonds is 23. The second-order valence-electron chi connectivity index (χ2n) is 17.5. The number of hydrogen-bond donors (Lipinski definition) is 4. The molecule has 8 amide bonds. The van der Waals surface area contributed by atoms with E-state index in [0.29, 0.717) is 25.8 Å². The predicted molar refractivity (Wildman–Crippen MR) is 250 cm³/mol. The molecule has 2 aliphatic heterocycles. The molecule has 0 saturated carbocycles. The normalized spacial score (nSPS) is 17.9. The molecule has 7 unspecified atom stereocenters. The summed E-state index contributed by atoms with van der Waals surface area (Å²) in [4.78, 5) is 110. The summed E-state index contributed by atoms with van der Waals surface area (Å²) in [7, 11) is 4.45. The number of amides is 8. The number of anilines is 2. The van der Waals surface area contributed by atoms with Crippen LogP contribution in [0.5, 0.6) is 0 Å². The lowest BCUT2D eigenvalue weighted by Gasteiger charge is -2.36. The van der Waals surface area contributed by atoms with Crippen LogP contribution in [0.25, 0.3) is 0 Å². The first-order chi connectivity index (χ1) is 31.3. The third-order valence-corrected chi connectivity index (χ3v) is 12.4. The van der Waals surface area contributed by atoms with Crippen molar-refractivity contribution >= 4 is 58.6 Å². The summed E-state index contributed by atoms with van der Waals surface area (Å²) in [6, 6.07) is 11.8. The molecular formula is C49H67N7O10. The molecule has 1 fully saturated rings. The van der Waals surface area contributed by atoms with Gasteiger partial charge in [-0.15, -0.1) is 0 Å². The lowest BCUT2D eigenvalue weighted by Crippen LogP contribution is -2.55. The average molecular weight is 914 g/mol. The van der Waals surface area contributed by atoms with Crippen molar-refractivity contribution in [1.29, 1.82) is 0 Å². The Hall–Kier alpha value is -6.20. The highest BCUT2D eigenvalue weighted by molar-refractivity contribution is 6.28. The molecule has 66 heavy (non-hydrogen) atoms. The average Bonchev–Trinajstić information content (AvgIpc) is 3.91. The Bertz CT molecular complexity index is 2110. The molecule has 0 spiro atoms. The Morgan fingerprint density at radius 2 is 1.58 bits per heavy atom. The van der Waals surface area contributed by atoms with Crippen LogP contribution in [0.3, 0.4) is 0 Å². The molecule has 2 aromatic carbocycles. The van der Waals surface area contributed by atoms with Crippen molar-refractivity contribution in [2.24, 2.45) is 17.8 Å². The van der Waals surface area contributed by atoms with Gasteiger partial charge in [-0.05, 0) is 67.9 Å². The monoisotopic (exact) mass is 913 g/mol. The topological polar surface area (TPSA) is 213 Å². The van der Waals surface area contributed by atoms with Crippen LogP contribution in [0.2, 0.25) is 0 Å². The van der Waals surface area contributed by atoms with Gasteiger partial charge in [0.15, 0.2) is 0 Å². The molecule has 0 radical (unpaired) electrons. The summed E-state index contributed by atoms with van der Waals surface area (Å²) in [6.45, 7) is 14.6. The lowest BCUT2D eigenvalue weighted by atomic mass is 9.91. The van der Waals surface area contributed by atoms with E-state index < -0.39 is 78.1 Å². The second kappa shape index (κ2) is 24.4. The van der Waals surface area contributed by atoms with Crippen LogP contribution in [0.4, 0.5) is 11.4 Å². The zero-order valence-electron chi connectivity index (χ0n) is 39.6. The van der Waals surface area contributed by atoms with E-state index in [9.17, 15) is 38.4 Å². The van der Waals surface area contributed by atoms with E-state index in [1.807, 2.05) is 58.0 Å². The Labute approximate surface area is 388 Å². The van der Waals surface area contributed by atoms with Crippen molar-refractivity contribution in [3.8, 4) is 0 Å². The third kappa shape index (κ3) is 13.4. The molecule has 17 heteroatoms. The number of nitrogens with one attached hydrogen (secondary N) is 4. The van der Waals surface area contributed by atoms with Crippen LogP contribution in [0, 0.1) is 17.8 Å². The first-order valence-electron chi connectivity index (χ1n) is 22.5. The summed E-state index contributed by atoms with van der Waals surface area (Å²) in [6.07, 6.45) is 4.53. The highest BCUT2D eigenvalue weighted by Crippen LogP contribution is 2.30. The van der Waals surface area contributed by atoms with E-state index in [-0.39, 0.29) is 53.2 Å². The molecule has 2 aromatic rings. The summed E-state index contributed by atoms with van der Waals surface area (Å²) >= 11 is 0. The molecule has 17 nitrogen and oxygen atoms in total. The Morgan fingerprint density at radius 3 is 2.17 bits per heavy atom. The number of methoxy groups -OCH3 is 2. The van der Waals surface area contributed by atoms with Crippen LogP contribution in [-0.4, -0.2) is 128 Å². The maximum atomic E-state index is 14.1. The van der Waals surface area contributed by atoms with E-state index in [1.54, 1.807) is 25.9 Å². The largest absolute Gasteiger partial charge is 0.379 e. The molecule has 0 bridgehead atoms. The van der Waals surface area contributed by atoms with Gasteiger partial charge in [0, 0.05) is 57.3 Å². The van der Waals surface area contributed by atoms with Gasteiger partial charge in [0.25, 0.3) is 17.7 Å². The highest BCUT2D eigenvalue weighted by Gasteiger charge is 2.42. The van der Waals surface area contributed by atoms with E-state index in [0.717, 1.165) is 35.1 Å². The van der Waals surface area contributed by atoms with Crippen molar-refractivity contribution in [2.75, 3.05) is 44.6 Å². The number of carbonyl (C=O) groups is 8. The third-order valence-electron chi connectivity index (χ3n) is 12.4. The van der Waals surface area contributed by atoms with E-state index in [2.05, 4.69) is 27.8 Å². The van der Waals surface area contributed by atoms with Gasteiger partial charge >= 0.3 is 0 Å². The Kier molecular flexibility index (Phi) is 19.3. The fraction of sp³-hybridized carbons (Fsp3) is 0.510. The Morgan fingerprint density at radius 1 is 0.909 bits per heavy atom. The number of hydrogen-bond acceptors (Lipinski definition) is 10. The second-order valence-corrected chi connectivity index (χ2v) is 17.5. The quantitative estimate of drug-likeness (QED) is 0.0936. The summed E-state index contributed by atoms with van der Waals surface area (Å²) in [5, 5.41) is 11.3.